The molecule has 2 aliphatic rings. The van der Waals surface area contributed by atoms with Crippen LogP contribution in [0.2, 0.25) is 0 Å². The molecule has 0 unspecified atom stereocenters. The summed E-state index contributed by atoms with van der Waals surface area (Å²) in [6.07, 6.45) is 1.97. The van der Waals surface area contributed by atoms with Gasteiger partial charge in [-0.3, -0.25) is 4.79 Å². The molecule has 2 fully saturated rings. The molecule has 0 aliphatic carbocycles. The number of carbonyl (C=O) groups excluding carboxylic acids is 1. The van der Waals surface area contributed by atoms with E-state index in [2.05, 4.69) is 51.0 Å². The van der Waals surface area contributed by atoms with Gasteiger partial charge in [-0.1, -0.05) is 24.3 Å². The highest BCUT2D eigenvalue weighted by atomic mass is 16.5. The lowest BCUT2D eigenvalue weighted by molar-refractivity contribution is -0.133. The summed E-state index contributed by atoms with van der Waals surface area (Å²) in [5.41, 5.74) is 2.47. The summed E-state index contributed by atoms with van der Waals surface area (Å²) in [6.45, 7) is 5.09. The minimum atomic E-state index is 0.0827. The number of likely N-dealkylation sites (tertiary alicyclic amines) is 1. The van der Waals surface area contributed by atoms with E-state index in [1.54, 1.807) is 20.5 Å². The maximum absolute atomic E-state index is 13.0. The van der Waals surface area contributed by atoms with Gasteiger partial charge >= 0.3 is 0 Å². The number of nitrogens with zero attached hydrogens (tertiary/aromatic N) is 4. The van der Waals surface area contributed by atoms with Crippen LogP contribution in [0.5, 0.6) is 5.88 Å². The summed E-state index contributed by atoms with van der Waals surface area (Å²) >= 11 is 0. The molecule has 2 aliphatic heterocycles. The number of benzene rings is 1. The van der Waals surface area contributed by atoms with Gasteiger partial charge in [-0.05, 0) is 18.1 Å². The highest BCUT2D eigenvalue weighted by Gasteiger charge is 2.49. The molecule has 0 bridgehead atoms. The first kappa shape index (κ1) is 19.6. The molecular weight excluding hydrogens is 368 g/mol. The molecule has 2 saturated heterocycles. The van der Waals surface area contributed by atoms with E-state index in [4.69, 9.17) is 9.47 Å². The smallest absolute Gasteiger partial charge is 0.225 e. The van der Waals surface area contributed by atoms with Crippen LogP contribution in [-0.4, -0.2) is 61.2 Å². The molecule has 7 heteroatoms. The van der Waals surface area contributed by atoms with Gasteiger partial charge in [0, 0.05) is 44.6 Å². The zero-order valence-electron chi connectivity index (χ0n) is 17.2. The van der Waals surface area contributed by atoms with E-state index in [1.165, 1.54) is 11.1 Å². The van der Waals surface area contributed by atoms with Crippen molar-refractivity contribution in [2.75, 3.05) is 45.4 Å². The van der Waals surface area contributed by atoms with Crippen molar-refractivity contribution < 1.29 is 14.3 Å². The summed E-state index contributed by atoms with van der Waals surface area (Å²) < 4.78 is 10.4. The number of anilines is 1. The summed E-state index contributed by atoms with van der Waals surface area (Å²) in [5, 5.41) is 0. The Morgan fingerprint density at radius 2 is 2.00 bits per heavy atom. The normalized spacial score (nSPS) is 23.3. The standard InChI is InChI=1S/C22H28N4O3/c1-15-6-4-5-7-17(15)22-18-13-25(19-10-20(29-3)24-14-23-19)11-16(18)12-26(22)21(27)8-9-28-2/h4-7,10,14,16,18,22H,8-9,11-13H2,1-3H3/t16-,18-,22+/m0/s1. The third-order valence-corrected chi connectivity index (χ3v) is 6.17. The first-order valence-corrected chi connectivity index (χ1v) is 10.1. The van der Waals surface area contributed by atoms with Gasteiger partial charge in [-0.2, -0.15) is 0 Å². The minimum absolute atomic E-state index is 0.0827. The molecular formula is C22H28N4O3. The molecule has 0 radical (unpaired) electrons. The molecule has 29 heavy (non-hydrogen) atoms. The number of ether oxygens (including phenoxy) is 2. The van der Waals surface area contributed by atoms with Crippen LogP contribution in [0, 0.1) is 18.8 Å². The summed E-state index contributed by atoms with van der Waals surface area (Å²) in [7, 11) is 3.25. The highest BCUT2D eigenvalue weighted by Crippen LogP contribution is 2.46. The number of amides is 1. The Balaban J connectivity index is 1.61. The second-order valence-corrected chi connectivity index (χ2v) is 7.84. The van der Waals surface area contributed by atoms with Crippen LogP contribution in [-0.2, 0) is 9.53 Å². The van der Waals surface area contributed by atoms with E-state index < -0.39 is 0 Å². The minimum Gasteiger partial charge on any atom is -0.481 e. The van der Waals surface area contributed by atoms with E-state index in [1.807, 2.05) is 6.07 Å². The van der Waals surface area contributed by atoms with Gasteiger partial charge in [-0.15, -0.1) is 0 Å². The molecule has 0 N–H and O–H groups in total. The van der Waals surface area contributed by atoms with Crippen LogP contribution in [0.4, 0.5) is 5.82 Å². The number of aryl methyl sites for hydroxylation is 1. The number of methoxy groups -OCH3 is 2. The Kier molecular flexibility index (Phi) is 5.67. The van der Waals surface area contributed by atoms with Crippen molar-refractivity contribution in [2.45, 2.75) is 19.4 Å². The largest absolute Gasteiger partial charge is 0.481 e. The molecule has 1 amide bonds. The molecule has 1 aromatic heterocycles. The molecule has 3 heterocycles. The van der Waals surface area contributed by atoms with Crippen molar-refractivity contribution in [2.24, 2.45) is 11.8 Å². The topological polar surface area (TPSA) is 67.8 Å². The third-order valence-electron chi connectivity index (χ3n) is 6.17. The average molecular weight is 396 g/mol. The van der Waals surface area contributed by atoms with Crippen LogP contribution in [0.25, 0.3) is 0 Å². The number of fused-ring (bicyclic) bond motifs is 1. The van der Waals surface area contributed by atoms with Crippen molar-refractivity contribution in [3.63, 3.8) is 0 Å². The van der Waals surface area contributed by atoms with Crippen LogP contribution in [0.1, 0.15) is 23.6 Å². The number of carbonyl (C=O) groups is 1. The van der Waals surface area contributed by atoms with E-state index in [-0.39, 0.29) is 11.9 Å². The van der Waals surface area contributed by atoms with Gasteiger partial charge in [0.2, 0.25) is 11.8 Å². The third kappa shape index (κ3) is 3.79. The van der Waals surface area contributed by atoms with Gasteiger partial charge in [0.1, 0.15) is 12.1 Å². The van der Waals surface area contributed by atoms with E-state index >= 15 is 0 Å². The molecule has 0 saturated carbocycles. The van der Waals surface area contributed by atoms with Crippen molar-refractivity contribution >= 4 is 11.7 Å². The SMILES string of the molecule is COCCC(=O)N1C[C@@H]2CN(c3cc(OC)ncn3)C[C@@H]2[C@H]1c1ccccc1C. The molecule has 0 spiro atoms. The van der Waals surface area contributed by atoms with E-state index in [0.29, 0.717) is 30.7 Å². The lowest BCUT2D eigenvalue weighted by atomic mass is 9.87. The zero-order chi connectivity index (χ0) is 20.4. The van der Waals surface area contributed by atoms with Crippen molar-refractivity contribution in [1.82, 2.24) is 14.9 Å². The highest BCUT2D eigenvalue weighted by molar-refractivity contribution is 5.77. The van der Waals surface area contributed by atoms with Gasteiger partial charge in [0.15, 0.2) is 0 Å². The van der Waals surface area contributed by atoms with Crippen LogP contribution >= 0.6 is 0 Å². The average Bonchev–Trinajstić information content (AvgIpc) is 3.31. The van der Waals surface area contributed by atoms with E-state index in [9.17, 15) is 4.79 Å². The van der Waals surface area contributed by atoms with E-state index in [0.717, 1.165) is 25.5 Å². The first-order chi connectivity index (χ1) is 14.1. The second kappa shape index (κ2) is 8.37. The Bertz CT molecular complexity index is 875. The van der Waals surface area contributed by atoms with Crippen LogP contribution in [0.15, 0.2) is 36.7 Å². The van der Waals surface area contributed by atoms with Crippen LogP contribution < -0.4 is 9.64 Å². The quantitative estimate of drug-likeness (QED) is 0.747. The Labute approximate surface area is 171 Å². The predicted molar refractivity (Wildman–Crippen MR) is 110 cm³/mol. The Hall–Kier alpha value is -2.67. The number of hydrogen-bond acceptors (Lipinski definition) is 6. The molecule has 7 nitrogen and oxygen atoms in total. The van der Waals surface area contributed by atoms with Gasteiger partial charge < -0.3 is 19.3 Å². The fourth-order valence-electron chi connectivity index (χ4n) is 4.75. The number of aromatic nitrogens is 2. The Morgan fingerprint density at radius 3 is 2.76 bits per heavy atom. The first-order valence-electron chi connectivity index (χ1n) is 10.1. The fourth-order valence-corrected chi connectivity index (χ4v) is 4.75. The van der Waals surface area contributed by atoms with Gasteiger partial charge in [0.05, 0.1) is 26.2 Å². The maximum Gasteiger partial charge on any atom is 0.225 e. The Morgan fingerprint density at radius 1 is 1.17 bits per heavy atom. The summed E-state index contributed by atoms with van der Waals surface area (Å²) in [4.78, 5) is 25.9. The zero-order valence-corrected chi connectivity index (χ0v) is 17.2. The molecule has 4 rings (SSSR count). The summed E-state index contributed by atoms with van der Waals surface area (Å²) in [6, 6.07) is 10.4. The predicted octanol–water partition coefficient (Wildman–Crippen LogP) is 2.47. The van der Waals surface area contributed by atoms with Crippen molar-refractivity contribution in [1.29, 1.82) is 0 Å². The number of hydrogen-bond donors (Lipinski definition) is 0. The molecule has 3 atom stereocenters. The van der Waals surface area contributed by atoms with Crippen molar-refractivity contribution in [3.05, 3.63) is 47.8 Å². The second-order valence-electron chi connectivity index (χ2n) is 7.84. The van der Waals surface area contributed by atoms with Crippen molar-refractivity contribution in [3.8, 4) is 5.88 Å². The van der Waals surface area contributed by atoms with Gasteiger partial charge in [0.25, 0.3) is 0 Å². The molecule has 2 aromatic rings. The monoisotopic (exact) mass is 396 g/mol. The van der Waals surface area contributed by atoms with Gasteiger partial charge in [-0.25, -0.2) is 9.97 Å². The lowest BCUT2D eigenvalue weighted by Gasteiger charge is -2.31. The molecule has 154 valence electrons. The van der Waals surface area contributed by atoms with Crippen LogP contribution in [0.3, 0.4) is 0 Å². The lowest BCUT2D eigenvalue weighted by Crippen LogP contribution is -2.36. The molecule has 1 aromatic carbocycles. The number of rotatable bonds is 6. The fraction of sp³-hybridized carbons (Fsp3) is 0.500. The summed E-state index contributed by atoms with van der Waals surface area (Å²) in [5.74, 6) is 2.39. The maximum atomic E-state index is 13.0.